The van der Waals surface area contributed by atoms with Gasteiger partial charge in [0.25, 0.3) is 0 Å². The molecular formula is C69H124O12. The maximum atomic E-state index is 13.2. The second-order valence-corrected chi connectivity index (χ2v) is 23.5. The number of ether oxygens (including phenoxy) is 5. The van der Waals surface area contributed by atoms with Gasteiger partial charge in [0.1, 0.15) is 18.8 Å². The summed E-state index contributed by atoms with van der Waals surface area (Å²) in [6.45, 7) is 6.02. The summed E-state index contributed by atoms with van der Waals surface area (Å²) < 4.78 is 28.6. The number of aliphatic carboxylic acids is 1. The van der Waals surface area contributed by atoms with E-state index in [1.165, 1.54) is 186 Å². The van der Waals surface area contributed by atoms with Crippen molar-refractivity contribution in [1.82, 2.24) is 0 Å². The quantitative estimate of drug-likeness (QED) is 0.0228. The Morgan fingerprint density at radius 2 is 0.741 bits per heavy atom. The number of hydrogen-bond donors (Lipinski definition) is 3. The van der Waals surface area contributed by atoms with Crippen LogP contribution >= 0.6 is 0 Å². The van der Waals surface area contributed by atoms with Crippen LogP contribution in [0.3, 0.4) is 0 Å². The highest BCUT2D eigenvalue weighted by Crippen LogP contribution is 2.27. The fourth-order valence-electron chi connectivity index (χ4n) is 10.5. The first-order chi connectivity index (χ1) is 39.6. The van der Waals surface area contributed by atoms with E-state index in [2.05, 4.69) is 57.2 Å². The minimum absolute atomic E-state index is 0.0656. The number of carboxylic acid groups (broad SMARTS) is 1. The van der Waals surface area contributed by atoms with Gasteiger partial charge >= 0.3 is 23.9 Å². The SMILES string of the molecule is CCCCC/C=C\C/C=C\CCCCCCCCCCCC(=O)OCC(COC1OC(C(=O)O)C(O)C(O)C1OC(=O)CCCCCCCCCCCCCCCCC)OC(=O)CCCCCCCCC/C=C\CCCCCCCC. The number of aliphatic hydroxyl groups excluding tert-OH is 2. The van der Waals surface area contributed by atoms with E-state index < -0.39 is 67.3 Å². The lowest BCUT2D eigenvalue weighted by molar-refractivity contribution is -0.301. The molecule has 3 N–H and O–H groups in total. The van der Waals surface area contributed by atoms with Gasteiger partial charge in [-0.05, 0) is 77.0 Å². The average Bonchev–Trinajstić information content (AvgIpc) is 3.53. The molecule has 0 spiro atoms. The van der Waals surface area contributed by atoms with Crippen molar-refractivity contribution < 1.29 is 58.2 Å². The number of carbonyl (C=O) groups excluding carboxylic acids is 3. The van der Waals surface area contributed by atoms with Crippen molar-refractivity contribution in [2.24, 2.45) is 0 Å². The molecule has 0 aromatic heterocycles. The molecule has 1 aliphatic heterocycles. The Hall–Kier alpha value is -3.06. The van der Waals surface area contributed by atoms with Gasteiger partial charge in [0.05, 0.1) is 6.61 Å². The first-order valence-corrected chi connectivity index (χ1v) is 34.0. The monoisotopic (exact) mass is 1140 g/mol. The molecule has 1 rings (SSSR count). The fourth-order valence-corrected chi connectivity index (χ4v) is 10.5. The van der Waals surface area contributed by atoms with Crippen molar-refractivity contribution in [2.75, 3.05) is 13.2 Å². The van der Waals surface area contributed by atoms with Crippen LogP contribution in [0.1, 0.15) is 329 Å². The second kappa shape index (κ2) is 57.4. The Balaban J connectivity index is 2.64. The molecule has 0 radical (unpaired) electrons. The van der Waals surface area contributed by atoms with Crippen LogP contribution in [0.4, 0.5) is 0 Å². The van der Waals surface area contributed by atoms with Crippen LogP contribution in [-0.4, -0.2) is 89.2 Å². The number of allylic oxidation sites excluding steroid dienone is 6. The van der Waals surface area contributed by atoms with Crippen molar-refractivity contribution in [3.8, 4) is 0 Å². The van der Waals surface area contributed by atoms with E-state index >= 15 is 0 Å². The van der Waals surface area contributed by atoms with Gasteiger partial charge < -0.3 is 39.0 Å². The molecule has 6 unspecified atom stereocenters. The summed E-state index contributed by atoms with van der Waals surface area (Å²) in [5.74, 6) is -3.09. The maximum absolute atomic E-state index is 13.2. The molecule has 81 heavy (non-hydrogen) atoms. The van der Waals surface area contributed by atoms with Gasteiger partial charge in [0.15, 0.2) is 24.6 Å². The predicted octanol–water partition coefficient (Wildman–Crippen LogP) is 18.4. The van der Waals surface area contributed by atoms with Gasteiger partial charge in [-0.1, -0.05) is 269 Å². The molecule has 472 valence electrons. The summed E-state index contributed by atoms with van der Waals surface area (Å²) in [7, 11) is 0. The molecule has 0 amide bonds. The normalized spacial score (nSPS) is 17.9. The molecular weight excluding hydrogens is 1020 g/mol. The minimum atomic E-state index is -1.90. The Morgan fingerprint density at radius 3 is 1.15 bits per heavy atom. The number of hydrogen-bond acceptors (Lipinski definition) is 11. The Kier molecular flexibility index (Phi) is 53.8. The average molecular weight is 1150 g/mol. The first-order valence-electron chi connectivity index (χ1n) is 34.0. The molecule has 0 aromatic carbocycles. The molecule has 0 bridgehead atoms. The van der Waals surface area contributed by atoms with E-state index in [0.717, 1.165) is 83.5 Å². The van der Waals surface area contributed by atoms with Gasteiger partial charge in [-0.2, -0.15) is 0 Å². The van der Waals surface area contributed by atoms with Crippen molar-refractivity contribution in [3.63, 3.8) is 0 Å². The number of rotatable bonds is 59. The predicted molar refractivity (Wildman–Crippen MR) is 331 cm³/mol. The molecule has 12 heteroatoms. The lowest BCUT2D eigenvalue weighted by Crippen LogP contribution is -2.61. The van der Waals surface area contributed by atoms with Gasteiger partial charge in [0, 0.05) is 19.3 Å². The van der Waals surface area contributed by atoms with Crippen LogP contribution in [0.2, 0.25) is 0 Å². The molecule has 1 heterocycles. The maximum Gasteiger partial charge on any atom is 0.335 e. The van der Waals surface area contributed by atoms with Crippen molar-refractivity contribution >= 4 is 23.9 Å². The molecule has 0 aliphatic carbocycles. The van der Waals surface area contributed by atoms with Crippen LogP contribution in [0, 0.1) is 0 Å². The number of aliphatic hydroxyl groups is 2. The lowest BCUT2D eigenvalue weighted by atomic mass is 9.98. The highest BCUT2D eigenvalue weighted by molar-refractivity contribution is 5.74. The number of carboxylic acids is 1. The van der Waals surface area contributed by atoms with Gasteiger partial charge in [-0.25, -0.2) is 4.79 Å². The third-order valence-electron chi connectivity index (χ3n) is 15.7. The van der Waals surface area contributed by atoms with Crippen molar-refractivity contribution in [1.29, 1.82) is 0 Å². The van der Waals surface area contributed by atoms with E-state index in [0.29, 0.717) is 19.3 Å². The van der Waals surface area contributed by atoms with Gasteiger partial charge in [0.2, 0.25) is 0 Å². The molecule has 12 nitrogen and oxygen atoms in total. The summed E-state index contributed by atoms with van der Waals surface area (Å²) in [4.78, 5) is 51.4. The topological polar surface area (TPSA) is 175 Å². The molecule has 6 atom stereocenters. The first kappa shape index (κ1) is 76.0. The van der Waals surface area contributed by atoms with Crippen LogP contribution in [0.15, 0.2) is 36.5 Å². The smallest absolute Gasteiger partial charge is 0.335 e. The Morgan fingerprint density at radius 1 is 0.407 bits per heavy atom. The highest BCUT2D eigenvalue weighted by Gasteiger charge is 2.50. The zero-order chi connectivity index (χ0) is 58.9. The van der Waals surface area contributed by atoms with Crippen LogP contribution in [0.25, 0.3) is 0 Å². The third kappa shape index (κ3) is 46.9. The van der Waals surface area contributed by atoms with E-state index in [4.69, 9.17) is 23.7 Å². The van der Waals surface area contributed by atoms with Crippen LogP contribution in [0.5, 0.6) is 0 Å². The summed E-state index contributed by atoms with van der Waals surface area (Å²) in [5.41, 5.74) is 0. The Bertz CT molecular complexity index is 1550. The van der Waals surface area contributed by atoms with E-state index in [1.807, 2.05) is 0 Å². The minimum Gasteiger partial charge on any atom is -0.479 e. The van der Waals surface area contributed by atoms with Crippen molar-refractivity contribution in [3.05, 3.63) is 36.5 Å². The zero-order valence-corrected chi connectivity index (χ0v) is 52.3. The standard InChI is InChI=1S/C69H124O12/c1-4-7-10-13-16-19-22-25-28-30-31-33-35-37-40-43-46-49-52-55-61(70)77-58-60(79-62(71)56-53-50-47-44-41-39-36-32-29-26-23-20-17-14-11-8-5-2)59-78-69-67(65(74)64(73)66(81-69)68(75)76)80-63(72)57-54-51-48-45-42-38-34-27-24-21-18-15-12-9-6-3/h16,19,25-26,28-29,60,64-67,69,73-74H,4-15,17-18,20-24,27,30-59H2,1-3H3,(H,75,76)/b19-16-,28-25-,29-26-. The summed E-state index contributed by atoms with van der Waals surface area (Å²) in [5, 5.41) is 31.6. The summed E-state index contributed by atoms with van der Waals surface area (Å²) >= 11 is 0. The van der Waals surface area contributed by atoms with Crippen LogP contribution < -0.4 is 0 Å². The summed E-state index contributed by atoms with van der Waals surface area (Å²) in [6, 6.07) is 0. The van der Waals surface area contributed by atoms with E-state index in [9.17, 15) is 34.5 Å². The molecule has 0 saturated carbocycles. The molecule has 1 aliphatic rings. The van der Waals surface area contributed by atoms with E-state index in [-0.39, 0.29) is 25.9 Å². The molecule has 0 aromatic rings. The number of unbranched alkanes of at least 4 members (excludes halogenated alkanes) is 39. The molecule has 1 fully saturated rings. The fraction of sp³-hybridized carbons (Fsp3) is 0.855. The Labute approximate surface area is 495 Å². The highest BCUT2D eigenvalue weighted by atomic mass is 16.7. The summed E-state index contributed by atoms with van der Waals surface area (Å²) in [6.07, 6.45) is 56.7. The van der Waals surface area contributed by atoms with Crippen molar-refractivity contribution in [2.45, 2.75) is 366 Å². The van der Waals surface area contributed by atoms with Crippen LogP contribution in [-0.2, 0) is 42.9 Å². The third-order valence-corrected chi connectivity index (χ3v) is 15.7. The largest absolute Gasteiger partial charge is 0.479 e. The van der Waals surface area contributed by atoms with Gasteiger partial charge in [-0.15, -0.1) is 0 Å². The number of carbonyl (C=O) groups is 4. The number of esters is 3. The van der Waals surface area contributed by atoms with Gasteiger partial charge in [-0.3, -0.25) is 14.4 Å². The van der Waals surface area contributed by atoms with E-state index in [1.54, 1.807) is 0 Å². The second-order valence-electron chi connectivity index (χ2n) is 23.5. The lowest BCUT2D eigenvalue weighted by Gasteiger charge is -2.40. The zero-order valence-electron chi connectivity index (χ0n) is 52.3. The molecule has 1 saturated heterocycles.